The Morgan fingerprint density at radius 3 is 2.73 bits per heavy atom. The monoisotopic (exact) mass is 211 g/mol. The summed E-state index contributed by atoms with van der Waals surface area (Å²) in [7, 11) is 0. The average molecular weight is 211 g/mol. The van der Waals surface area contributed by atoms with Crippen molar-refractivity contribution in [3.63, 3.8) is 0 Å². The van der Waals surface area contributed by atoms with Crippen LogP contribution in [-0.4, -0.2) is 42.0 Å². The number of nitrogens with two attached hydrogens (primary N) is 1. The van der Waals surface area contributed by atoms with E-state index in [1.165, 1.54) is 6.42 Å². The summed E-state index contributed by atoms with van der Waals surface area (Å²) in [5, 5.41) is 3.30. The average Bonchev–Trinajstić information content (AvgIpc) is 2.60. The first-order valence-electron chi connectivity index (χ1n) is 5.99. The van der Waals surface area contributed by atoms with Crippen LogP contribution < -0.4 is 11.1 Å². The van der Waals surface area contributed by atoms with Crippen molar-refractivity contribution >= 4 is 5.91 Å². The third-order valence-corrected chi connectivity index (χ3v) is 3.71. The third-order valence-electron chi connectivity index (χ3n) is 3.71. The Balaban J connectivity index is 1.95. The summed E-state index contributed by atoms with van der Waals surface area (Å²) >= 11 is 0. The maximum Gasteiger partial charge on any atom is 0.239 e. The van der Waals surface area contributed by atoms with E-state index in [-0.39, 0.29) is 24.0 Å². The molecule has 0 aromatic carbocycles. The van der Waals surface area contributed by atoms with Crippen molar-refractivity contribution in [2.75, 3.05) is 13.1 Å². The lowest BCUT2D eigenvalue weighted by molar-refractivity contribution is -0.134. The summed E-state index contributed by atoms with van der Waals surface area (Å²) in [6.45, 7) is 3.86. The molecule has 0 aromatic heterocycles. The zero-order valence-electron chi connectivity index (χ0n) is 9.41. The molecule has 2 fully saturated rings. The highest BCUT2D eigenvalue weighted by molar-refractivity contribution is 5.82. The van der Waals surface area contributed by atoms with Crippen molar-refractivity contribution in [3.8, 4) is 0 Å². The molecule has 4 nitrogen and oxygen atoms in total. The van der Waals surface area contributed by atoms with E-state index in [2.05, 4.69) is 12.2 Å². The van der Waals surface area contributed by atoms with Crippen LogP contribution in [0.4, 0.5) is 0 Å². The lowest BCUT2D eigenvalue weighted by Crippen LogP contribution is -2.51. The van der Waals surface area contributed by atoms with Crippen LogP contribution in [0.5, 0.6) is 0 Å². The predicted molar refractivity (Wildman–Crippen MR) is 59.4 cm³/mol. The van der Waals surface area contributed by atoms with Gasteiger partial charge in [-0.1, -0.05) is 6.42 Å². The van der Waals surface area contributed by atoms with Crippen molar-refractivity contribution in [3.05, 3.63) is 0 Å². The number of hydrogen-bond donors (Lipinski definition) is 2. The molecule has 3 N–H and O–H groups in total. The molecule has 0 aliphatic carbocycles. The molecule has 4 heteroatoms. The number of hydrogen-bond acceptors (Lipinski definition) is 3. The second-order valence-corrected chi connectivity index (χ2v) is 4.73. The van der Waals surface area contributed by atoms with E-state index in [1.54, 1.807) is 0 Å². The van der Waals surface area contributed by atoms with Crippen molar-refractivity contribution in [1.82, 2.24) is 10.2 Å². The number of carbonyl (C=O) groups is 1. The molecule has 0 aromatic rings. The van der Waals surface area contributed by atoms with Gasteiger partial charge in [-0.2, -0.15) is 0 Å². The molecule has 3 atom stereocenters. The first-order chi connectivity index (χ1) is 7.20. The Morgan fingerprint density at radius 1 is 1.40 bits per heavy atom. The van der Waals surface area contributed by atoms with Crippen molar-refractivity contribution in [2.24, 2.45) is 5.73 Å². The van der Waals surface area contributed by atoms with Crippen LogP contribution in [0.15, 0.2) is 0 Å². The largest absolute Gasteiger partial charge is 0.337 e. The number of amides is 1. The van der Waals surface area contributed by atoms with Crippen LogP contribution in [0.3, 0.4) is 0 Å². The van der Waals surface area contributed by atoms with E-state index >= 15 is 0 Å². The molecule has 0 spiro atoms. The Labute approximate surface area is 91.2 Å². The van der Waals surface area contributed by atoms with Crippen molar-refractivity contribution in [1.29, 1.82) is 0 Å². The Hall–Kier alpha value is -0.610. The zero-order chi connectivity index (χ0) is 10.8. The van der Waals surface area contributed by atoms with E-state index in [0.29, 0.717) is 0 Å². The molecule has 2 aliphatic heterocycles. The molecule has 0 radical (unpaired) electrons. The topological polar surface area (TPSA) is 58.4 Å². The number of nitrogens with zero attached hydrogens (tertiary/aromatic N) is 1. The summed E-state index contributed by atoms with van der Waals surface area (Å²) in [5.41, 5.74) is 5.92. The van der Waals surface area contributed by atoms with Gasteiger partial charge in [0.1, 0.15) is 0 Å². The van der Waals surface area contributed by atoms with Gasteiger partial charge in [0.25, 0.3) is 0 Å². The summed E-state index contributed by atoms with van der Waals surface area (Å²) in [4.78, 5) is 14.1. The Morgan fingerprint density at radius 2 is 2.20 bits per heavy atom. The zero-order valence-corrected chi connectivity index (χ0v) is 9.41. The quantitative estimate of drug-likeness (QED) is 0.645. The number of piperidine rings is 1. The van der Waals surface area contributed by atoms with E-state index in [0.717, 1.165) is 32.4 Å². The number of likely N-dealkylation sites (tertiary alicyclic amines) is 1. The van der Waals surface area contributed by atoms with Gasteiger partial charge in [-0.05, 0) is 32.7 Å². The number of nitrogens with one attached hydrogen (secondary N) is 1. The molecule has 2 saturated heterocycles. The fourth-order valence-electron chi connectivity index (χ4n) is 2.54. The van der Waals surface area contributed by atoms with Gasteiger partial charge in [0.05, 0.1) is 6.04 Å². The molecule has 1 amide bonds. The van der Waals surface area contributed by atoms with Gasteiger partial charge in [0, 0.05) is 18.6 Å². The first kappa shape index (κ1) is 10.9. The van der Waals surface area contributed by atoms with Gasteiger partial charge in [-0.15, -0.1) is 0 Å². The van der Waals surface area contributed by atoms with Crippen LogP contribution in [-0.2, 0) is 4.79 Å². The molecule has 0 bridgehead atoms. The highest BCUT2D eigenvalue weighted by atomic mass is 16.2. The molecular formula is C11H21N3O. The molecule has 15 heavy (non-hydrogen) atoms. The summed E-state index contributed by atoms with van der Waals surface area (Å²) in [6.07, 6.45) is 4.29. The van der Waals surface area contributed by atoms with Gasteiger partial charge in [0.2, 0.25) is 5.91 Å². The fourth-order valence-corrected chi connectivity index (χ4v) is 2.54. The summed E-state index contributed by atoms with van der Waals surface area (Å²) < 4.78 is 0. The van der Waals surface area contributed by atoms with Crippen LogP contribution in [0.2, 0.25) is 0 Å². The van der Waals surface area contributed by atoms with Crippen LogP contribution in [0.1, 0.15) is 32.6 Å². The van der Waals surface area contributed by atoms with Crippen LogP contribution in [0.25, 0.3) is 0 Å². The normalized spacial score (nSPS) is 36.9. The SMILES string of the molecule is CC1C(N)CCN1C(=O)[C@H]1CCCCN1. The number of carbonyl (C=O) groups excluding carboxylic acids is 1. The lowest BCUT2D eigenvalue weighted by Gasteiger charge is -2.30. The van der Waals surface area contributed by atoms with Gasteiger partial charge in [-0.25, -0.2) is 0 Å². The van der Waals surface area contributed by atoms with E-state index in [4.69, 9.17) is 5.73 Å². The van der Waals surface area contributed by atoms with Gasteiger partial charge in [-0.3, -0.25) is 4.79 Å². The standard InChI is InChI=1S/C11H21N3O/c1-8-9(12)5-7-14(8)11(15)10-4-2-3-6-13-10/h8-10,13H,2-7,12H2,1H3/t8?,9?,10-/m1/s1. The second kappa shape index (κ2) is 4.49. The van der Waals surface area contributed by atoms with Crippen molar-refractivity contribution < 1.29 is 4.79 Å². The summed E-state index contributed by atoms with van der Waals surface area (Å²) in [5.74, 6) is 0.259. The molecule has 0 saturated carbocycles. The van der Waals surface area contributed by atoms with E-state index in [1.807, 2.05) is 4.90 Å². The van der Waals surface area contributed by atoms with Gasteiger partial charge in [0.15, 0.2) is 0 Å². The molecule has 2 aliphatic rings. The molecular weight excluding hydrogens is 190 g/mol. The van der Waals surface area contributed by atoms with Crippen LogP contribution >= 0.6 is 0 Å². The number of rotatable bonds is 1. The Bertz CT molecular complexity index is 238. The maximum atomic E-state index is 12.2. The minimum atomic E-state index is 0.0477. The second-order valence-electron chi connectivity index (χ2n) is 4.73. The minimum Gasteiger partial charge on any atom is -0.337 e. The van der Waals surface area contributed by atoms with E-state index < -0.39 is 0 Å². The van der Waals surface area contributed by atoms with Gasteiger partial charge < -0.3 is 16.0 Å². The van der Waals surface area contributed by atoms with Gasteiger partial charge >= 0.3 is 0 Å². The van der Waals surface area contributed by atoms with Crippen molar-refractivity contribution in [2.45, 2.75) is 50.7 Å². The Kier molecular flexibility index (Phi) is 3.26. The minimum absolute atomic E-state index is 0.0477. The smallest absolute Gasteiger partial charge is 0.239 e. The lowest BCUT2D eigenvalue weighted by atomic mass is 10.0. The molecule has 2 unspecified atom stereocenters. The maximum absolute atomic E-state index is 12.2. The highest BCUT2D eigenvalue weighted by Crippen LogP contribution is 2.19. The van der Waals surface area contributed by atoms with Crippen LogP contribution in [0, 0.1) is 0 Å². The molecule has 86 valence electrons. The fraction of sp³-hybridized carbons (Fsp3) is 0.909. The third kappa shape index (κ3) is 2.16. The highest BCUT2D eigenvalue weighted by Gasteiger charge is 2.35. The predicted octanol–water partition coefficient (Wildman–Crippen LogP) is 0.0766. The molecule has 2 heterocycles. The van der Waals surface area contributed by atoms with E-state index in [9.17, 15) is 4.79 Å². The first-order valence-corrected chi connectivity index (χ1v) is 5.99. The summed E-state index contributed by atoms with van der Waals surface area (Å²) in [6, 6.07) is 0.422. The molecule has 2 rings (SSSR count).